The maximum atomic E-state index is 6.81. The van der Waals surface area contributed by atoms with Gasteiger partial charge in [0.25, 0.3) is 0 Å². The van der Waals surface area contributed by atoms with Crippen molar-refractivity contribution in [2.24, 2.45) is 0 Å². The zero-order valence-electron chi connectivity index (χ0n) is 29.6. The number of aromatic nitrogens is 2. The van der Waals surface area contributed by atoms with Gasteiger partial charge in [-0.3, -0.25) is 0 Å². The highest BCUT2D eigenvalue weighted by Crippen LogP contribution is 2.57. The highest BCUT2D eigenvalue weighted by molar-refractivity contribution is 6.12. The van der Waals surface area contributed by atoms with Crippen LogP contribution in [-0.2, 0) is 5.41 Å². The molecule has 0 amide bonds. The van der Waals surface area contributed by atoms with Gasteiger partial charge in [-0.1, -0.05) is 80.6 Å². The fourth-order valence-corrected chi connectivity index (χ4v) is 8.68. The summed E-state index contributed by atoms with van der Waals surface area (Å²) < 4.78 is 6.81. The van der Waals surface area contributed by atoms with E-state index in [-0.39, 0.29) is 17.7 Å². The molecule has 50 heavy (non-hydrogen) atoms. The molecule has 0 N–H and O–H groups in total. The van der Waals surface area contributed by atoms with E-state index in [1.54, 1.807) is 0 Å². The molecule has 250 valence electrons. The fourth-order valence-electron chi connectivity index (χ4n) is 8.68. The van der Waals surface area contributed by atoms with E-state index in [2.05, 4.69) is 165 Å². The van der Waals surface area contributed by atoms with E-state index in [0.29, 0.717) is 0 Å². The number of para-hydroxylation sites is 2. The van der Waals surface area contributed by atoms with Crippen molar-refractivity contribution in [3.05, 3.63) is 126 Å². The lowest BCUT2D eigenvalue weighted by Crippen LogP contribution is -2.37. The van der Waals surface area contributed by atoms with Crippen LogP contribution >= 0.6 is 0 Å². The monoisotopic (exact) mass is 658 g/mol. The van der Waals surface area contributed by atoms with E-state index in [1.807, 2.05) is 6.20 Å². The molecular formula is C43H42N6O. The molecular weight excluding hydrogens is 617 g/mol. The third-order valence-electron chi connectivity index (χ3n) is 11.6. The third-order valence-corrected chi connectivity index (χ3v) is 11.6. The third kappa shape index (κ3) is 4.16. The number of rotatable bonds is 5. The number of allylic oxidation sites excluding steroid dienone is 1. The summed E-state index contributed by atoms with van der Waals surface area (Å²) >= 11 is 0. The van der Waals surface area contributed by atoms with E-state index < -0.39 is 0 Å². The second-order valence-electron chi connectivity index (χ2n) is 13.9. The summed E-state index contributed by atoms with van der Waals surface area (Å²) in [7, 11) is 4.31. The molecule has 0 bridgehead atoms. The highest BCUT2D eigenvalue weighted by atomic mass is 16.3. The van der Waals surface area contributed by atoms with Crippen LogP contribution in [0, 0.1) is 6.92 Å². The normalized spacial score (nSPS) is 19.2. The van der Waals surface area contributed by atoms with Gasteiger partial charge in [-0.05, 0) is 67.7 Å². The van der Waals surface area contributed by atoms with Crippen molar-refractivity contribution in [1.29, 1.82) is 0 Å². The first-order valence-electron chi connectivity index (χ1n) is 17.8. The minimum absolute atomic E-state index is 0.115. The van der Waals surface area contributed by atoms with Crippen molar-refractivity contribution in [3.8, 4) is 11.4 Å². The summed E-state index contributed by atoms with van der Waals surface area (Å²) in [6.45, 7) is 9.05. The number of benzene rings is 4. The Balaban J connectivity index is 1.33. The number of anilines is 4. The maximum Gasteiger partial charge on any atom is 0.161 e. The van der Waals surface area contributed by atoms with Crippen molar-refractivity contribution in [2.45, 2.75) is 58.3 Å². The maximum absolute atomic E-state index is 6.81. The lowest BCUT2D eigenvalue weighted by atomic mass is 9.67. The zero-order valence-corrected chi connectivity index (χ0v) is 29.6. The van der Waals surface area contributed by atoms with Crippen LogP contribution in [0.4, 0.5) is 22.9 Å². The average molecular weight is 659 g/mol. The number of nitrogens with zero attached hydrogens (tertiary/aromatic N) is 6. The van der Waals surface area contributed by atoms with Crippen LogP contribution in [0.15, 0.2) is 114 Å². The highest BCUT2D eigenvalue weighted by Gasteiger charge is 2.46. The fraction of sp³-hybridized carbons (Fsp3) is 0.256. The Morgan fingerprint density at radius 3 is 2.34 bits per heavy atom. The Hall–Kier alpha value is -5.56. The number of likely N-dealkylation sites (N-methyl/N-ethyl adjacent to an activating group) is 1. The minimum Gasteiger partial charge on any atom is -0.454 e. The molecule has 7 heteroatoms. The second kappa shape index (κ2) is 11.2. The van der Waals surface area contributed by atoms with Gasteiger partial charge in [-0.15, -0.1) is 0 Å². The van der Waals surface area contributed by atoms with Gasteiger partial charge < -0.3 is 24.0 Å². The summed E-state index contributed by atoms with van der Waals surface area (Å²) in [5.41, 5.74) is 10.9. The lowest BCUT2D eigenvalue weighted by molar-refractivity contribution is 0.383. The van der Waals surface area contributed by atoms with Crippen molar-refractivity contribution in [2.75, 3.05) is 28.8 Å². The van der Waals surface area contributed by atoms with Gasteiger partial charge in [0, 0.05) is 59.5 Å². The zero-order chi connectivity index (χ0) is 34.3. The van der Waals surface area contributed by atoms with E-state index >= 15 is 0 Å². The molecule has 3 aliphatic heterocycles. The molecule has 6 aromatic rings. The topological polar surface area (TPSA) is 51.9 Å². The molecule has 5 heterocycles. The molecule has 3 aliphatic rings. The van der Waals surface area contributed by atoms with Crippen LogP contribution in [-0.4, -0.2) is 41.3 Å². The first kappa shape index (κ1) is 30.5. The molecule has 2 atom stereocenters. The predicted octanol–water partition coefficient (Wildman–Crippen LogP) is 9.99. The molecule has 2 aromatic heterocycles. The molecule has 0 fully saturated rings. The van der Waals surface area contributed by atoms with Crippen LogP contribution in [0.3, 0.4) is 0 Å². The van der Waals surface area contributed by atoms with Crippen molar-refractivity contribution >= 4 is 50.4 Å². The summed E-state index contributed by atoms with van der Waals surface area (Å²) in [6, 6.07) is 30.3. The summed E-state index contributed by atoms with van der Waals surface area (Å²) in [6.07, 6.45) is 10.8. The summed E-state index contributed by atoms with van der Waals surface area (Å²) in [5, 5.41) is 2.27. The van der Waals surface area contributed by atoms with Gasteiger partial charge in [0.05, 0.1) is 11.9 Å². The van der Waals surface area contributed by atoms with E-state index in [9.17, 15) is 0 Å². The number of hydrogen-bond donors (Lipinski definition) is 0. The Kier molecular flexibility index (Phi) is 6.85. The smallest absolute Gasteiger partial charge is 0.161 e. The van der Waals surface area contributed by atoms with Crippen molar-refractivity contribution in [3.63, 3.8) is 0 Å². The molecule has 7 nitrogen and oxygen atoms in total. The molecule has 0 saturated carbocycles. The molecule has 4 aromatic carbocycles. The van der Waals surface area contributed by atoms with E-state index in [0.717, 1.165) is 68.9 Å². The van der Waals surface area contributed by atoms with Gasteiger partial charge in [0.1, 0.15) is 23.6 Å². The molecule has 0 spiro atoms. The second-order valence-corrected chi connectivity index (χ2v) is 13.9. The number of hydrogen-bond acceptors (Lipinski definition) is 7. The number of fused-ring (bicyclic) bond motifs is 8. The molecule has 0 saturated heterocycles. The van der Waals surface area contributed by atoms with Gasteiger partial charge >= 0.3 is 0 Å². The van der Waals surface area contributed by atoms with Crippen molar-refractivity contribution < 1.29 is 4.42 Å². The van der Waals surface area contributed by atoms with Crippen LogP contribution in [0.25, 0.3) is 38.9 Å². The largest absolute Gasteiger partial charge is 0.454 e. The van der Waals surface area contributed by atoms with E-state index in [4.69, 9.17) is 14.4 Å². The Morgan fingerprint density at radius 2 is 1.56 bits per heavy atom. The number of furan rings is 1. The predicted molar refractivity (Wildman–Crippen MR) is 206 cm³/mol. The lowest BCUT2D eigenvalue weighted by Gasteiger charge is -2.38. The van der Waals surface area contributed by atoms with Crippen molar-refractivity contribution in [1.82, 2.24) is 14.9 Å². The Morgan fingerprint density at radius 1 is 0.800 bits per heavy atom. The molecule has 9 rings (SSSR count). The van der Waals surface area contributed by atoms with Gasteiger partial charge in [0.2, 0.25) is 0 Å². The number of aryl methyl sites for hydroxylation is 1. The van der Waals surface area contributed by atoms with Crippen LogP contribution in [0.1, 0.15) is 50.3 Å². The summed E-state index contributed by atoms with van der Waals surface area (Å²) in [4.78, 5) is 19.6. The van der Waals surface area contributed by atoms with Gasteiger partial charge in [-0.2, -0.15) is 0 Å². The average Bonchev–Trinajstić information content (AvgIpc) is 3.75. The minimum atomic E-state index is -0.267. The molecule has 2 unspecified atom stereocenters. The molecule has 0 aliphatic carbocycles. The summed E-state index contributed by atoms with van der Waals surface area (Å²) in [5.74, 6) is 1.68. The van der Waals surface area contributed by atoms with Crippen LogP contribution in [0.2, 0.25) is 0 Å². The standard InChI is InChI=1S/C43H42N6O/c1-7-43(8-2)33-18-12-13-19-35(33)49-36-26-44-41(29-16-10-9-15-27(29)3)45-42(36)47(6)38(49)25-34(43)32-22-21-31-30-17-11-14-20-37(30)50-40(31)39(32)48-24-23-46(5)28(48)4/h9-26,28,38H,7-8H2,1-6H3. The Bertz CT molecular complexity index is 2370. The SMILES string of the molecule is CCC1(CC)C(c2ccc3c(oc4ccccc43)c2N2C=CN(C)C2C)=CC2N(C)c3nc(-c4ccccc4C)ncc3N2c2ccccc21. The first-order valence-corrected chi connectivity index (χ1v) is 17.8. The van der Waals surface area contributed by atoms with Gasteiger partial charge in [-0.25, -0.2) is 9.97 Å². The Labute approximate surface area is 293 Å². The van der Waals surface area contributed by atoms with E-state index in [1.165, 1.54) is 22.4 Å². The van der Waals surface area contributed by atoms with Gasteiger partial charge in [0.15, 0.2) is 17.2 Å². The quantitative estimate of drug-likeness (QED) is 0.183. The molecule has 0 radical (unpaired) electrons. The first-order chi connectivity index (χ1) is 24.4. The van der Waals surface area contributed by atoms with Crippen LogP contribution < -0.4 is 14.7 Å². The van der Waals surface area contributed by atoms with Crippen LogP contribution in [0.5, 0.6) is 0 Å².